The van der Waals surface area contributed by atoms with Crippen LogP contribution in [0.3, 0.4) is 0 Å². The molecule has 11 heteroatoms. The van der Waals surface area contributed by atoms with Gasteiger partial charge in [-0.2, -0.15) is 0 Å². The number of nitrogens with one attached hydrogen (secondary N) is 4. The molecule has 44 heavy (non-hydrogen) atoms. The Balaban J connectivity index is 1.44. The lowest BCUT2D eigenvalue weighted by atomic mass is 10.0. The Labute approximate surface area is 258 Å². The van der Waals surface area contributed by atoms with E-state index in [0.717, 1.165) is 22.4 Å². The lowest BCUT2D eigenvalue weighted by Gasteiger charge is -2.26. The molecule has 6 N–H and O–H groups in total. The van der Waals surface area contributed by atoms with Gasteiger partial charge in [0, 0.05) is 50.0 Å². The molecule has 3 rings (SSSR count). The molecular weight excluding hydrogens is 560 g/mol. The van der Waals surface area contributed by atoms with E-state index in [-0.39, 0.29) is 68.3 Å². The molecule has 234 valence electrons. The number of nitrogens with two attached hydrogens (primary N) is 1. The van der Waals surface area contributed by atoms with Crippen molar-refractivity contribution in [3.63, 3.8) is 0 Å². The van der Waals surface area contributed by atoms with Gasteiger partial charge >= 0.3 is 0 Å². The standard InChI is InChI=1S/C33H42N6O5/c1-22(2)31(33(44)37-23(3)32(43)36-20-18-34)38-29(41)14-8-13-28(40)35-19-17-30(42)39-21-26-11-5-4-9-24(26)15-16-25-10-6-7-12-27(25)39/h4-7,9-12,22-23,31H,8,13-14,17-21,34H2,1-3H3,(H,35,40)(H,36,43)(H,37,44)(H,38,41)/t23-,31-/m0/s1. The Morgan fingerprint density at radius 1 is 0.795 bits per heavy atom. The highest BCUT2D eigenvalue weighted by atomic mass is 16.2. The zero-order valence-electron chi connectivity index (χ0n) is 25.6. The van der Waals surface area contributed by atoms with Crippen LogP contribution in [0.5, 0.6) is 0 Å². The van der Waals surface area contributed by atoms with E-state index in [1.807, 2.05) is 48.5 Å². The van der Waals surface area contributed by atoms with E-state index in [1.165, 1.54) is 0 Å². The molecule has 0 radical (unpaired) electrons. The van der Waals surface area contributed by atoms with E-state index >= 15 is 0 Å². The maximum atomic E-state index is 13.3. The molecule has 2 aromatic rings. The predicted octanol–water partition coefficient (Wildman–Crippen LogP) is 1.33. The molecule has 0 saturated heterocycles. The van der Waals surface area contributed by atoms with Crippen LogP contribution in [0.2, 0.25) is 0 Å². The van der Waals surface area contributed by atoms with Crippen molar-refractivity contribution < 1.29 is 24.0 Å². The summed E-state index contributed by atoms with van der Waals surface area (Å²) in [7, 11) is 0. The molecule has 0 saturated carbocycles. The molecule has 2 atom stereocenters. The van der Waals surface area contributed by atoms with Crippen LogP contribution in [0.1, 0.15) is 63.1 Å². The molecule has 0 unspecified atom stereocenters. The van der Waals surface area contributed by atoms with Gasteiger partial charge in [0.1, 0.15) is 12.1 Å². The summed E-state index contributed by atoms with van der Waals surface area (Å²) < 4.78 is 0. The summed E-state index contributed by atoms with van der Waals surface area (Å²) in [6.07, 6.45) is 0.503. The fourth-order valence-electron chi connectivity index (χ4n) is 4.65. The molecular formula is C33H42N6O5. The molecule has 0 aromatic heterocycles. The van der Waals surface area contributed by atoms with Crippen molar-refractivity contribution in [2.45, 2.75) is 65.1 Å². The van der Waals surface area contributed by atoms with Crippen molar-refractivity contribution in [2.24, 2.45) is 11.7 Å². The predicted molar refractivity (Wildman–Crippen MR) is 168 cm³/mol. The van der Waals surface area contributed by atoms with E-state index in [0.29, 0.717) is 13.1 Å². The van der Waals surface area contributed by atoms with Crippen LogP contribution >= 0.6 is 0 Å². The van der Waals surface area contributed by atoms with Gasteiger partial charge in [-0.05, 0) is 43.0 Å². The molecule has 11 nitrogen and oxygen atoms in total. The van der Waals surface area contributed by atoms with Crippen LogP contribution in [0, 0.1) is 17.8 Å². The SMILES string of the molecule is CC(C)[C@H](NC(=O)CCCC(=O)NCCC(=O)N1Cc2ccccc2C#Cc2ccccc21)C(=O)N[C@@H](C)C(=O)NCCN. The number of hydrogen-bond acceptors (Lipinski definition) is 6. The number of benzene rings is 2. The lowest BCUT2D eigenvalue weighted by molar-refractivity contribution is -0.132. The van der Waals surface area contributed by atoms with Crippen molar-refractivity contribution in [3.8, 4) is 11.8 Å². The third kappa shape index (κ3) is 9.95. The van der Waals surface area contributed by atoms with Crippen LogP contribution in [-0.4, -0.2) is 61.3 Å². The smallest absolute Gasteiger partial charge is 0.243 e. The molecule has 0 spiro atoms. The van der Waals surface area contributed by atoms with E-state index in [9.17, 15) is 24.0 Å². The fraction of sp³-hybridized carbons (Fsp3) is 0.424. The summed E-state index contributed by atoms with van der Waals surface area (Å²) in [5.41, 5.74) is 8.70. The zero-order valence-corrected chi connectivity index (χ0v) is 25.6. The highest BCUT2D eigenvalue weighted by molar-refractivity contribution is 5.95. The van der Waals surface area contributed by atoms with Gasteiger partial charge in [-0.25, -0.2) is 0 Å². The topological polar surface area (TPSA) is 163 Å². The molecule has 2 aromatic carbocycles. The number of carbonyl (C=O) groups is 5. The second kappa shape index (κ2) is 16.8. The van der Waals surface area contributed by atoms with Gasteiger partial charge < -0.3 is 31.9 Å². The van der Waals surface area contributed by atoms with E-state index in [2.05, 4.69) is 33.1 Å². The van der Waals surface area contributed by atoms with E-state index < -0.39 is 18.0 Å². The quantitative estimate of drug-likeness (QED) is 0.205. The van der Waals surface area contributed by atoms with Crippen LogP contribution in [0.25, 0.3) is 0 Å². The first kappa shape index (κ1) is 33.8. The first-order valence-corrected chi connectivity index (χ1v) is 14.9. The number of hydrogen-bond donors (Lipinski definition) is 5. The van der Waals surface area contributed by atoms with Gasteiger partial charge in [0.25, 0.3) is 0 Å². The average Bonchev–Trinajstić information content (AvgIpc) is 2.99. The van der Waals surface area contributed by atoms with Gasteiger partial charge in [0.2, 0.25) is 29.5 Å². The van der Waals surface area contributed by atoms with Crippen LogP contribution in [0.15, 0.2) is 48.5 Å². The minimum Gasteiger partial charge on any atom is -0.356 e. The summed E-state index contributed by atoms with van der Waals surface area (Å²) in [4.78, 5) is 64.7. The summed E-state index contributed by atoms with van der Waals surface area (Å²) in [6.45, 7) is 6.24. The maximum absolute atomic E-state index is 13.3. The Kier molecular flexibility index (Phi) is 12.9. The number of fused-ring (bicyclic) bond motifs is 2. The summed E-state index contributed by atoms with van der Waals surface area (Å²) in [5.74, 6) is 4.52. The number of para-hydroxylation sites is 1. The van der Waals surface area contributed by atoms with E-state index in [4.69, 9.17) is 5.73 Å². The van der Waals surface area contributed by atoms with Crippen LogP contribution in [-0.2, 0) is 30.5 Å². The van der Waals surface area contributed by atoms with Gasteiger partial charge in [0.05, 0.1) is 12.2 Å². The van der Waals surface area contributed by atoms with Gasteiger partial charge in [-0.1, -0.05) is 56.0 Å². The number of anilines is 1. The number of rotatable bonds is 14. The van der Waals surface area contributed by atoms with Gasteiger partial charge in [0.15, 0.2) is 0 Å². The van der Waals surface area contributed by atoms with Gasteiger partial charge in [-0.3, -0.25) is 24.0 Å². The summed E-state index contributed by atoms with van der Waals surface area (Å²) in [6, 6.07) is 13.6. The molecule has 0 bridgehead atoms. The van der Waals surface area contributed by atoms with Crippen molar-refractivity contribution in [3.05, 3.63) is 65.2 Å². The third-order valence-corrected chi connectivity index (χ3v) is 7.10. The highest BCUT2D eigenvalue weighted by Gasteiger charge is 2.27. The van der Waals surface area contributed by atoms with Crippen molar-refractivity contribution in [2.75, 3.05) is 24.5 Å². The van der Waals surface area contributed by atoms with Crippen molar-refractivity contribution >= 4 is 35.2 Å². The Hall–Kier alpha value is -4.69. The second-order valence-electron chi connectivity index (χ2n) is 11.0. The van der Waals surface area contributed by atoms with E-state index in [1.54, 1.807) is 25.7 Å². The first-order chi connectivity index (χ1) is 21.1. The first-order valence-electron chi connectivity index (χ1n) is 14.9. The lowest BCUT2D eigenvalue weighted by Crippen LogP contribution is -2.54. The minimum atomic E-state index is -0.835. The summed E-state index contributed by atoms with van der Waals surface area (Å²) >= 11 is 0. The van der Waals surface area contributed by atoms with Crippen LogP contribution < -0.4 is 31.9 Å². The molecule has 1 aliphatic heterocycles. The number of amides is 5. The average molecular weight is 603 g/mol. The monoisotopic (exact) mass is 602 g/mol. The summed E-state index contributed by atoms with van der Waals surface area (Å²) in [5, 5.41) is 10.7. The number of carbonyl (C=O) groups excluding carboxylic acids is 5. The number of nitrogens with zero attached hydrogens (tertiary/aromatic N) is 1. The van der Waals surface area contributed by atoms with Crippen molar-refractivity contribution in [1.82, 2.24) is 21.3 Å². The minimum absolute atomic E-state index is 0.0421. The van der Waals surface area contributed by atoms with Crippen LogP contribution in [0.4, 0.5) is 5.69 Å². The molecule has 5 amide bonds. The largest absolute Gasteiger partial charge is 0.356 e. The third-order valence-electron chi connectivity index (χ3n) is 7.10. The Morgan fingerprint density at radius 3 is 2.18 bits per heavy atom. The Morgan fingerprint density at radius 2 is 1.45 bits per heavy atom. The molecule has 0 aliphatic carbocycles. The van der Waals surface area contributed by atoms with Crippen molar-refractivity contribution in [1.29, 1.82) is 0 Å². The molecule has 0 fully saturated rings. The normalized spacial score (nSPS) is 13.1. The second-order valence-corrected chi connectivity index (χ2v) is 11.0. The maximum Gasteiger partial charge on any atom is 0.243 e. The molecule has 1 aliphatic rings. The fourth-order valence-corrected chi connectivity index (χ4v) is 4.65. The Bertz CT molecular complexity index is 1410. The molecule has 1 heterocycles. The highest BCUT2D eigenvalue weighted by Crippen LogP contribution is 2.25. The van der Waals surface area contributed by atoms with Gasteiger partial charge in [-0.15, -0.1) is 0 Å². The zero-order chi connectivity index (χ0) is 32.1.